The van der Waals surface area contributed by atoms with E-state index >= 15 is 0 Å². The summed E-state index contributed by atoms with van der Waals surface area (Å²) in [7, 11) is -4.23. The monoisotopic (exact) mass is 491 g/mol. The molecule has 0 spiro atoms. The summed E-state index contributed by atoms with van der Waals surface area (Å²) < 4.78 is 33.5. The Kier molecular flexibility index (Phi) is 6.24. The minimum atomic E-state index is -4.23. The van der Waals surface area contributed by atoms with E-state index in [4.69, 9.17) is 16.3 Å². The third kappa shape index (κ3) is 4.31. The van der Waals surface area contributed by atoms with E-state index in [9.17, 15) is 18.5 Å². The SMILES string of the molecule is Cc1ccccc1Oc1nc2c(C)cccn2c(=O)c1C=C(C#N)S(=O)(=O)c1ccc(Cl)cc1. The Morgan fingerprint density at radius 3 is 2.41 bits per heavy atom. The molecule has 0 aliphatic carbocycles. The quantitative estimate of drug-likeness (QED) is 0.360. The zero-order valence-electron chi connectivity index (χ0n) is 18.2. The number of hydrogen-bond donors (Lipinski definition) is 0. The van der Waals surface area contributed by atoms with Crippen LogP contribution in [-0.2, 0) is 9.84 Å². The Bertz CT molecular complexity index is 1650. The van der Waals surface area contributed by atoms with Crippen molar-refractivity contribution in [3.8, 4) is 17.7 Å². The molecule has 0 aliphatic rings. The standard InChI is InChI=1S/C25H18ClN3O4S/c1-16-6-3-4-8-22(16)33-24-21(25(30)29-13-5-7-17(2)23(29)28-24)14-20(15-27)34(31,32)19-11-9-18(26)10-12-19/h3-14H,1-2H3. The van der Waals surface area contributed by atoms with E-state index in [-0.39, 0.29) is 16.3 Å². The van der Waals surface area contributed by atoms with Crippen LogP contribution in [0.15, 0.2) is 81.5 Å². The highest BCUT2D eigenvalue weighted by Crippen LogP contribution is 2.29. The molecule has 170 valence electrons. The fourth-order valence-electron chi connectivity index (χ4n) is 3.31. The highest BCUT2D eigenvalue weighted by atomic mass is 35.5. The maximum absolute atomic E-state index is 13.4. The van der Waals surface area contributed by atoms with E-state index in [1.807, 2.05) is 19.1 Å². The number of nitrogens with zero attached hydrogens (tertiary/aromatic N) is 3. The molecule has 0 amide bonds. The fraction of sp³-hybridized carbons (Fsp3) is 0.0800. The molecule has 0 saturated heterocycles. The van der Waals surface area contributed by atoms with Gasteiger partial charge in [0.15, 0.2) is 0 Å². The van der Waals surface area contributed by atoms with Crippen LogP contribution in [0.1, 0.15) is 16.7 Å². The number of nitriles is 1. The lowest BCUT2D eigenvalue weighted by molar-refractivity contribution is 0.457. The molecule has 0 aliphatic heterocycles. The molecule has 9 heteroatoms. The summed E-state index contributed by atoms with van der Waals surface area (Å²) in [4.78, 5) is 17.2. The topological polar surface area (TPSA) is 102 Å². The lowest BCUT2D eigenvalue weighted by Gasteiger charge is -2.13. The number of aromatic nitrogens is 2. The summed E-state index contributed by atoms with van der Waals surface area (Å²) in [6.45, 7) is 3.62. The highest BCUT2D eigenvalue weighted by molar-refractivity contribution is 7.95. The first-order chi connectivity index (χ1) is 16.2. The number of halogens is 1. The van der Waals surface area contributed by atoms with Gasteiger partial charge in [-0.05, 0) is 67.4 Å². The van der Waals surface area contributed by atoms with Crippen molar-refractivity contribution in [2.45, 2.75) is 18.7 Å². The van der Waals surface area contributed by atoms with E-state index in [1.165, 1.54) is 34.9 Å². The third-order valence-corrected chi connectivity index (χ3v) is 7.08. The molecule has 34 heavy (non-hydrogen) atoms. The molecule has 4 aromatic rings. The zero-order valence-corrected chi connectivity index (χ0v) is 19.8. The first-order valence-corrected chi connectivity index (χ1v) is 12.0. The first kappa shape index (κ1) is 23.2. The van der Waals surface area contributed by atoms with Gasteiger partial charge in [-0.25, -0.2) is 8.42 Å². The molecule has 4 rings (SSSR count). The number of fused-ring (bicyclic) bond motifs is 1. The van der Waals surface area contributed by atoms with Gasteiger partial charge in [-0.2, -0.15) is 10.2 Å². The molecule has 7 nitrogen and oxygen atoms in total. The molecule has 0 fully saturated rings. The Morgan fingerprint density at radius 1 is 1.06 bits per heavy atom. The Balaban J connectivity index is 1.98. The number of benzene rings is 2. The lowest BCUT2D eigenvalue weighted by Crippen LogP contribution is -2.20. The van der Waals surface area contributed by atoms with Gasteiger partial charge < -0.3 is 4.74 Å². The largest absolute Gasteiger partial charge is 0.438 e. The summed E-state index contributed by atoms with van der Waals surface area (Å²) in [5, 5.41) is 10.1. The van der Waals surface area contributed by atoms with E-state index in [2.05, 4.69) is 4.98 Å². The molecule has 0 unspecified atom stereocenters. The molecule has 2 aromatic carbocycles. The number of para-hydroxylation sites is 1. The van der Waals surface area contributed by atoms with E-state index in [0.717, 1.165) is 17.2 Å². The van der Waals surface area contributed by atoms with Gasteiger partial charge in [0.1, 0.15) is 27.9 Å². The molecule has 0 radical (unpaired) electrons. The van der Waals surface area contributed by atoms with Crippen molar-refractivity contribution < 1.29 is 13.2 Å². The molecule has 2 heterocycles. The van der Waals surface area contributed by atoms with Gasteiger partial charge in [0, 0.05) is 11.2 Å². The second-order valence-electron chi connectivity index (χ2n) is 7.47. The maximum Gasteiger partial charge on any atom is 0.269 e. The molecule has 0 atom stereocenters. The molecular weight excluding hydrogens is 474 g/mol. The molecule has 0 N–H and O–H groups in total. The summed E-state index contributed by atoms with van der Waals surface area (Å²) in [5.74, 6) is 0.341. The van der Waals surface area contributed by atoms with Crippen LogP contribution in [0.25, 0.3) is 11.7 Å². The van der Waals surface area contributed by atoms with Crippen molar-refractivity contribution in [1.29, 1.82) is 5.26 Å². The summed E-state index contributed by atoms with van der Waals surface area (Å²) in [6.07, 6.45) is 2.52. The van der Waals surface area contributed by atoms with Crippen molar-refractivity contribution in [1.82, 2.24) is 9.38 Å². The number of pyridine rings is 1. The zero-order chi connectivity index (χ0) is 24.5. The average molecular weight is 492 g/mol. The van der Waals surface area contributed by atoms with Crippen LogP contribution in [0.5, 0.6) is 11.6 Å². The van der Waals surface area contributed by atoms with Gasteiger partial charge in [0.25, 0.3) is 5.56 Å². The third-order valence-electron chi connectivity index (χ3n) is 5.15. The van der Waals surface area contributed by atoms with Gasteiger partial charge in [-0.1, -0.05) is 35.9 Å². The second kappa shape index (κ2) is 9.14. The van der Waals surface area contributed by atoms with E-state index in [0.29, 0.717) is 16.4 Å². The maximum atomic E-state index is 13.4. The fourth-order valence-corrected chi connectivity index (χ4v) is 4.58. The Labute approximate surface area is 201 Å². The van der Waals surface area contributed by atoms with Gasteiger partial charge >= 0.3 is 0 Å². The van der Waals surface area contributed by atoms with Crippen LogP contribution >= 0.6 is 11.6 Å². The minimum Gasteiger partial charge on any atom is -0.438 e. The highest BCUT2D eigenvalue weighted by Gasteiger charge is 2.24. The van der Waals surface area contributed by atoms with E-state index in [1.54, 1.807) is 37.3 Å². The lowest BCUT2D eigenvalue weighted by atomic mass is 10.2. The van der Waals surface area contributed by atoms with Crippen molar-refractivity contribution in [2.24, 2.45) is 0 Å². The molecule has 0 saturated carbocycles. The number of hydrogen-bond acceptors (Lipinski definition) is 6. The number of sulfone groups is 1. The van der Waals surface area contributed by atoms with Crippen LogP contribution in [0, 0.1) is 25.2 Å². The van der Waals surface area contributed by atoms with Gasteiger partial charge in [-0.15, -0.1) is 0 Å². The van der Waals surface area contributed by atoms with E-state index < -0.39 is 20.3 Å². The second-order valence-corrected chi connectivity index (χ2v) is 9.82. The Hall–Kier alpha value is -3.93. The summed E-state index contributed by atoms with van der Waals surface area (Å²) in [6, 6.07) is 17.7. The van der Waals surface area contributed by atoms with Crippen molar-refractivity contribution in [3.63, 3.8) is 0 Å². The molecule has 0 bridgehead atoms. The van der Waals surface area contributed by atoms with Gasteiger partial charge in [0.2, 0.25) is 15.7 Å². The minimum absolute atomic E-state index is 0.104. The molecule has 2 aromatic heterocycles. The van der Waals surface area contributed by atoms with Crippen LogP contribution < -0.4 is 10.3 Å². The van der Waals surface area contributed by atoms with Crippen molar-refractivity contribution in [2.75, 3.05) is 0 Å². The first-order valence-electron chi connectivity index (χ1n) is 10.1. The number of rotatable bonds is 5. The van der Waals surface area contributed by atoms with Crippen LogP contribution in [0.2, 0.25) is 5.02 Å². The van der Waals surface area contributed by atoms with Crippen LogP contribution in [-0.4, -0.2) is 17.8 Å². The normalized spacial score (nSPS) is 11.9. The number of allylic oxidation sites excluding steroid dienone is 1. The van der Waals surface area contributed by atoms with Crippen molar-refractivity contribution in [3.05, 3.63) is 104 Å². The van der Waals surface area contributed by atoms with Gasteiger partial charge in [-0.3, -0.25) is 9.20 Å². The molecular formula is C25H18ClN3O4S. The summed E-state index contributed by atoms with van der Waals surface area (Å²) >= 11 is 5.86. The predicted octanol–water partition coefficient (Wildman–Crippen LogP) is 5.10. The van der Waals surface area contributed by atoms with Crippen molar-refractivity contribution >= 4 is 33.2 Å². The predicted molar refractivity (Wildman–Crippen MR) is 130 cm³/mol. The number of aryl methyl sites for hydroxylation is 2. The number of ether oxygens (including phenoxy) is 1. The van der Waals surface area contributed by atoms with Crippen LogP contribution in [0.3, 0.4) is 0 Å². The van der Waals surface area contributed by atoms with Gasteiger partial charge in [0.05, 0.1) is 4.90 Å². The average Bonchev–Trinajstić information content (AvgIpc) is 2.81. The summed E-state index contributed by atoms with van der Waals surface area (Å²) in [5.41, 5.74) is 1.13. The van der Waals surface area contributed by atoms with Crippen LogP contribution in [0.4, 0.5) is 0 Å². The Morgan fingerprint density at radius 2 is 1.74 bits per heavy atom. The smallest absolute Gasteiger partial charge is 0.269 e.